The quantitative estimate of drug-likeness (QED) is 0.560. The van der Waals surface area contributed by atoms with Crippen molar-refractivity contribution >= 4 is 17.7 Å². The predicted molar refractivity (Wildman–Crippen MR) is 60.9 cm³/mol. The number of carbonyl (C=O) groups excluding carboxylic acids is 2. The van der Waals surface area contributed by atoms with Crippen LogP contribution in [0.3, 0.4) is 0 Å². The SMILES string of the molecule is CCOC(=O)C1CN2CCC(CC1=O)C2C(=O)O. The minimum absolute atomic E-state index is 0.164. The zero-order valence-electron chi connectivity index (χ0n) is 10.3. The van der Waals surface area contributed by atoms with Crippen LogP contribution in [-0.2, 0) is 19.1 Å². The number of aliphatic carboxylic acids is 1. The van der Waals surface area contributed by atoms with Gasteiger partial charge in [-0.2, -0.15) is 0 Å². The molecule has 0 amide bonds. The van der Waals surface area contributed by atoms with Gasteiger partial charge in [-0.25, -0.2) is 0 Å². The van der Waals surface area contributed by atoms with Crippen molar-refractivity contribution in [2.45, 2.75) is 25.8 Å². The molecule has 0 aliphatic carbocycles. The lowest BCUT2D eigenvalue weighted by Gasteiger charge is -2.22. The second-order valence-electron chi connectivity index (χ2n) is 4.80. The van der Waals surface area contributed by atoms with Crippen molar-refractivity contribution in [1.29, 1.82) is 0 Å². The van der Waals surface area contributed by atoms with Gasteiger partial charge in [0, 0.05) is 13.0 Å². The number of hydrogen-bond acceptors (Lipinski definition) is 5. The molecule has 4 atom stereocenters. The molecule has 1 N–H and O–H groups in total. The number of carbonyl (C=O) groups is 3. The molecular weight excluding hydrogens is 238 g/mol. The zero-order valence-corrected chi connectivity index (χ0v) is 10.3. The molecule has 2 fully saturated rings. The van der Waals surface area contributed by atoms with Crippen molar-refractivity contribution in [2.24, 2.45) is 11.8 Å². The van der Waals surface area contributed by atoms with Crippen LogP contribution in [0.15, 0.2) is 0 Å². The van der Waals surface area contributed by atoms with Crippen molar-refractivity contribution in [3.05, 3.63) is 0 Å². The van der Waals surface area contributed by atoms with E-state index in [1.54, 1.807) is 11.8 Å². The summed E-state index contributed by atoms with van der Waals surface area (Å²) in [6.07, 6.45) is 0.870. The largest absolute Gasteiger partial charge is 0.480 e. The fourth-order valence-electron chi connectivity index (χ4n) is 2.89. The Morgan fingerprint density at radius 3 is 2.83 bits per heavy atom. The Kier molecular flexibility index (Phi) is 3.65. The minimum Gasteiger partial charge on any atom is -0.480 e. The number of ketones is 1. The van der Waals surface area contributed by atoms with Crippen molar-refractivity contribution in [3.8, 4) is 0 Å². The maximum Gasteiger partial charge on any atom is 0.321 e. The molecule has 2 aliphatic heterocycles. The summed E-state index contributed by atoms with van der Waals surface area (Å²) in [5.41, 5.74) is 0. The van der Waals surface area contributed by atoms with Crippen LogP contribution < -0.4 is 0 Å². The van der Waals surface area contributed by atoms with E-state index in [-0.39, 0.29) is 31.3 Å². The fourth-order valence-corrected chi connectivity index (χ4v) is 2.89. The van der Waals surface area contributed by atoms with E-state index in [0.29, 0.717) is 13.0 Å². The first-order valence-corrected chi connectivity index (χ1v) is 6.20. The molecule has 0 radical (unpaired) electrons. The molecule has 100 valence electrons. The molecule has 0 spiro atoms. The van der Waals surface area contributed by atoms with Gasteiger partial charge in [0.1, 0.15) is 17.7 Å². The third-order valence-electron chi connectivity index (χ3n) is 3.72. The third-order valence-corrected chi connectivity index (χ3v) is 3.72. The molecule has 2 heterocycles. The lowest BCUT2D eigenvalue weighted by Crippen LogP contribution is -2.42. The molecule has 0 saturated carbocycles. The molecule has 6 heteroatoms. The van der Waals surface area contributed by atoms with E-state index >= 15 is 0 Å². The average molecular weight is 255 g/mol. The molecule has 4 unspecified atom stereocenters. The second kappa shape index (κ2) is 5.06. The molecule has 18 heavy (non-hydrogen) atoms. The van der Waals surface area contributed by atoms with Gasteiger partial charge in [0.2, 0.25) is 0 Å². The van der Waals surface area contributed by atoms with Gasteiger partial charge in [-0.3, -0.25) is 19.3 Å². The van der Waals surface area contributed by atoms with E-state index in [1.165, 1.54) is 0 Å². The van der Waals surface area contributed by atoms with Crippen LogP contribution in [0.4, 0.5) is 0 Å². The van der Waals surface area contributed by atoms with E-state index in [4.69, 9.17) is 4.74 Å². The fraction of sp³-hybridized carbons (Fsp3) is 0.750. The second-order valence-corrected chi connectivity index (χ2v) is 4.80. The Balaban J connectivity index is 2.17. The third kappa shape index (κ3) is 2.25. The van der Waals surface area contributed by atoms with Crippen LogP contribution in [0.25, 0.3) is 0 Å². The summed E-state index contributed by atoms with van der Waals surface area (Å²) in [6.45, 7) is 2.72. The van der Waals surface area contributed by atoms with Gasteiger partial charge in [-0.1, -0.05) is 0 Å². The lowest BCUT2D eigenvalue weighted by molar-refractivity contribution is -0.153. The maximum absolute atomic E-state index is 12.0. The summed E-state index contributed by atoms with van der Waals surface area (Å²) in [7, 11) is 0. The molecule has 2 saturated heterocycles. The van der Waals surface area contributed by atoms with Crippen LogP contribution in [0.5, 0.6) is 0 Å². The number of Topliss-reactive ketones (excluding diaryl/α,β-unsaturated/α-hetero) is 1. The number of carboxylic acids is 1. The Labute approximate surface area is 105 Å². The smallest absolute Gasteiger partial charge is 0.321 e. The summed E-state index contributed by atoms with van der Waals surface area (Å²) in [4.78, 5) is 36.6. The first-order valence-electron chi connectivity index (χ1n) is 6.20. The number of rotatable bonds is 3. The Morgan fingerprint density at radius 2 is 2.22 bits per heavy atom. The summed E-state index contributed by atoms with van der Waals surface area (Å²) in [5, 5.41) is 9.19. The molecule has 2 bridgehead atoms. The van der Waals surface area contributed by atoms with Crippen molar-refractivity contribution in [1.82, 2.24) is 4.90 Å². The Morgan fingerprint density at radius 1 is 1.50 bits per heavy atom. The molecule has 0 aromatic heterocycles. The van der Waals surface area contributed by atoms with Crippen molar-refractivity contribution in [2.75, 3.05) is 19.7 Å². The van der Waals surface area contributed by atoms with Crippen LogP contribution in [-0.4, -0.2) is 53.5 Å². The predicted octanol–water partition coefficient (Wildman–Crippen LogP) is -0.0864. The van der Waals surface area contributed by atoms with E-state index in [2.05, 4.69) is 0 Å². The van der Waals surface area contributed by atoms with Crippen molar-refractivity contribution in [3.63, 3.8) is 0 Å². The normalized spacial score (nSPS) is 35.1. The number of hydrogen-bond donors (Lipinski definition) is 1. The first-order chi connectivity index (χ1) is 8.54. The summed E-state index contributed by atoms with van der Waals surface area (Å²) < 4.78 is 4.88. The summed E-state index contributed by atoms with van der Waals surface area (Å²) >= 11 is 0. The number of nitrogens with zero attached hydrogens (tertiary/aromatic N) is 1. The Hall–Kier alpha value is -1.43. The van der Waals surface area contributed by atoms with E-state index in [0.717, 1.165) is 0 Å². The Bertz CT molecular complexity index is 381. The summed E-state index contributed by atoms with van der Waals surface area (Å²) in [6, 6.07) is -0.631. The van der Waals surface area contributed by atoms with E-state index in [9.17, 15) is 19.5 Å². The average Bonchev–Trinajstić information content (AvgIpc) is 2.60. The molecule has 0 aromatic carbocycles. The molecule has 2 rings (SSSR count). The van der Waals surface area contributed by atoms with Crippen LogP contribution in [0.1, 0.15) is 19.8 Å². The van der Waals surface area contributed by atoms with Gasteiger partial charge < -0.3 is 9.84 Å². The lowest BCUT2D eigenvalue weighted by atomic mass is 9.91. The summed E-state index contributed by atoms with van der Waals surface area (Å²) in [5.74, 6) is -2.62. The number of fused-ring (bicyclic) bond motifs is 2. The van der Waals surface area contributed by atoms with Crippen LogP contribution >= 0.6 is 0 Å². The first kappa shape index (κ1) is 13.0. The van der Waals surface area contributed by atoms with Gasteiger partial charge in [-0.15, -0.1) is 0 Å². The van der Waals surface area contributed by atoms with E-state index in [1.807, 2.05) is 0 Å². The molecule has 6 nitrogen and oxygen atoms in total. The van der Waals surface area contributed by atoms with Crippen LogP contribution in [0.2, 0.25) is 0 Å². The van der Waals surface area contributed by atoms with Gasteiger partial charge in [0.25, 0.3) is 0 Å². The minimum atomic E-state index is -0.908. The highest BCUT2D eigenvalue weighted by molar-refractivity contribution is 6.00. The standard InChI is InChI=1S/C12H17NO5/c1-2-18-12(17)8-6-13-4-3-7(5-9(8)14)10(13)11(15)16/h7-8,10H,2-6H2,1H3,(H,15,16). The molecule has 2 aliphatic rings. The monoisotopic (exact) mass is 255 g/mol. The van der Waals surface area contributed by atoms with Gasteiger partial charge in [0.05, 0.1) is 6.61 Å². The number of ether oxygens (including phenoxy) is 1. The molecule has 0 aromatic rings. The van der Waals surface area contributed by atoms with Gasteiger partial charge in [0.15, 0.2) is 0 Å². The van der Waals surface area contributed by atoms with Gasteiger partial charge >= 0.3 is 11.9 Å². The van der Waals surface area contributed by atoms with E-state index < -0.39 is 23.9 Å². The highest BCUT2D eigenvalue weighted by Crippen LogP contribution is 2.33. The number of esters is 1. The number of carboxylic acid groups (broad SMARTS) is 1. The highest BCUT2D eigenvalue weighted by atomic mass is 16.5. The topological polar surface area (TPSA) is 83.9 Å². The van der Waals surface area contributed by atoms with Gasteiger partial charge in [-0.05, 0) is 25.8 Å². The molecular formula is C12H17NO5. The van der Waals surface area contributed by atoms with Crippen molar-refractivity contribution < 1.29 is 24.2 Å². The highest BCUT2D eigenvalue weighted by Gasteiger charge is 2.47. The maximum atomic E-state index is 12.0. The zero-order chi connectivity index (χ0) is 13.3. The van der Waals surface area contributed by atoms with Crippen LogP contribution in [0, 0.1) is 11.8 Å².